The number of benzene rings is 1. The first-order chi connectivity index (χ1) is 8.56. The molecule has 2 nitrogen and oxygen atoms in total. The second-order valence-corrected chi connectivity index (χ2v) is 7.13. The highest BCUT2D eigenvalue weighted by Crippen LogP contribution is 2.29. The standard InChI is InChI=1S/C14H15IO2S/c1-9(2)17-12-5-3-4-10(6-12)14(16)11-7-13(15)18-8-11/h3-9,14,16H,1-2H3. The monoisotopic (exact) mass is 374 g/mol. The van der Waals surface area contributed by atoms with Crippen LogP contribution in [0.5, 0.6) is 5.75 Å². The van der Waals surface area contributed by atoms with Crippen LogP contribution in [0.2, 0.25) is 0 Å². The summed E-state index contributed by atoms with van der Waals surface area (Å²) in [6.07, 6.45) is -0.444. The van der Waals surface area contributed by atoms with Gasteiger partial charge >= 0.3 is 0 Å². The minimum Gasteiger partial charge on any atom is -0.491 e. The number of rotatable bonds is 4. The lowest BCUT2D eigenvalue weighted by Crippen LogP contribution is -2.06. The van der Waals surface area contributed by atoms with Crippen molar-refractivity contribution in [2.75, 3.05) is 0 Å². The number of hydrogen-bond donors (Lipinski definition) is 1. The van der Waals surface area contributed by atoms with Crippen molar-refractivity contribution < 1.29 is 9.84 Å². The van der Waals surface area contributed by atoms with Crippen LogP contribution in [-0.4, -0.2) is 11.2 Å². The molecular weight excluding hydrogens is 359 g/mol. The zero-order chi connectivity index (χ0) is 13.1. The molecule has 0 saturated heterocycles. The van der Waals surface area contributed by atoms with Gasteiger partial charge in [-0.2, -0.15) is 0 Å². The Bertz CT molecular complexity index is 522. The fourth-order valence-electron chi connectivity index (χ4n) is 1.69. The van der Waals surface area contributed by atoms with Gasteiger partial charge in [0.25, 0.3) is 0 Å². The summed E-state index contributed by atoms with van der Waals surface area (Å²) in [6.45, 7) is 3.98. The van der Waals surface area contributed by atoms with E-state index < -0.39 is 6.10 Å². The zero-order valence-electron chi connectivity index (χ0n) is 10.3. The van der Waals surface area contributed by atoms with Crippen molar-refractivity contribution in [1.29, 1.82) is 0 Å². The Labute approximate surface area is 125 Å². The summed E-state index contributed by atoms with van der Waals surface area (Å²) in [6, 6.07) is 9.64. The Morgan fingerprint density at radius 1 is 1.22 bits per heavy atom. The molecule has 0 aliphatic heterocycles. The van der Waals surface area contributed by atoms with Crippen LogP contribution in [0.3, 0.4) is 0 Å². The lowest BCUT2D eigenvalue weighted by atomic mass is 10.0. The molecule has 0 aliphatic rings. The Balaban J connectivity index is 2.22. The molecular formula is C14H15IO2S. The van der Waals surface area contributed by atoms with E-state index in [0.29, 0.717) is 0 Å². The first-order valence-corrected chi connectivity index (χ1v) is 7.70. The normalized spacial score (nSPS) is 12.7. The van der Waals surface area contributed by atoms with Gasteiger partial charge in [0, 0.05) is 0 Å². The number of hydrogen-bond acceptors (Lipinski definition) is 3. The molecule has 1 atom stereocenters. The Morgan fingerprint density at radius 3 is 2.61 bits per heavy atom. The maximum Gasteiger partial charge on any atom is 0.120 e. The predicted octanol–water partition coefficient (Wildman–Crippen LogP) is 4.22. The summed E-state index contributed by atoms with van der Waals surface area (Å²) in [7, 11) is 0. The van der Waals surface area contributed by atoms with E-state index in [-0.39, 0.29) is 6.10 Å². The Hall–Kier alpha value is -0.590. The first kappa shape index (κ1) is 13.8. The number of thiophene rings is 1. The van der Waals surface area contributed by atoms with E-state index in [1.54, 1.807) is 11.3 Å². The van der Waals surface area contributed by atoms with Gasteiger partial charge in [0.15, 0.2) is 0 Å². The third-order valence-electron chi connectivity index (χ3n) is 2.45. The van der Waals surface area contributed by atoms with Gasteiger partial charge in [-0.1, -0.05) is 12.1 Å². The molecule has 0 radical (unpaired) electrons. The van der Waals surface area contributed by atoms with Gasteiger partial charge in [0.1, 0.15) is 11.9 Å². The molecule has 96 valence electrons. The van der Waals surface area contributed by atoms with Crippen molar-refractivity contribution in [2.45, 2.75) is 26.1 Å². The van der Waals surface area contributed by atoms with Gasteiger partial charge in [0.2, 0.25) is 0 Å². The van der Waals surface area contributed by atoms with Crippen molar-refractivity contribution in [3.8, 4) is 5.75 Å². The van der Waals surface area contributed by atoms with E-state index in [4.69, 9.17) is 4.74 Å². The highest BCUT2D eigenvalue weighted by atomic mass is 127. The minimum atomic E-state index is -0.583. The molecule has 1 unspecified atom stereocenters. The molecule has 0 saturated carbocycles. The van der Waals surface area contributed by atoms with Gasteiger partial charge in [-0.3, -0.25) is 0 Å². The van der Waals surface area contributed by atoms with Gasteiger partial charge in [-0.25, -0.2) is 0 Å². The molecule has 4 heteroatoms. The van der Waals surface area contributed by atoms with Crippen LogP contribution in [0, 0.1) is 2.88 Å². The van der Waals surface area contributed by atoms with Gasteiger partial charge in [-0.05, 0) is 71.1 Å². The van der Waals surface area contributed by atoms with Gasteiger partial charge < -0.3 is 9.84 Å². The van der Waals surface area contributed by atoms with E-state index >= 15 is 0 Å². The number of aliphatic hydroxyl groups is 1. The molecule has 0 fully saturated rings. The maximum absolute atomic E-state index is 10.3. The average molecular weight is 374 g/mol. The van der Waals surface area contributed by atoms with Crippen molar-refractivity contribution >= 4 is 33.9 Å². The summed E-state index contributed by atoms with van der Waals surface area (Å²) in [5.41, 5.74) is 1.80. The maximum atomic E-state index is 10.3. The van der Waals surface area contributed by atoms with E-state index in [9.17, 15) is 5.11 Å². The molecule has 0 aliphatic carbocycles. The van der Waals surface area contributed by atoms with Crippen LogP contribution in [0.25, 0.3) is 0 Å². The van der Waals surface area contributed by atoms with Gasteiger partial charge in [0.05, 0.1) is 8.99 Å². The third kappa shape index (κ3) is 3.46. The van der Waals surface area contributed by atoms with Crippen molar-refractivity contribution in [2.24, 2.45) is 0 Å². The average Bonchev–Trinajstić information content (AvgIpc) is 2.74. The summed E-state index contributed by atoms with van der Waals surface area (Å²) in [5.74, 6) is 0.798. The van der Waals surface area contributed by atoms with Crippen LogP contribution in [0.4, 0.5) is 0 Å². The van der Waals surface area contributed by atoms with Crippen molar-refractivity contribution in [3.05, 3.63) is 49.7 Å². The highest BCUT2D eigenvalue weighted by Gasteiger charge is 2.13. The van der Waals surface area contributed by atoms with Crippen LogP contribution in [-0.2, 0) is 0 Å². The summed E-state index contributed by atoms with van der Waals surface area (Å²) in [5, 5.41) is 12.3. The van der Waals surface area contributed by atoms with E-state index in [0.717, 1.165) is 16.9 Å². The largest absolute Gasteiger partial charge is 0.491 e. The molecule has 1 aromatic heterocycles. The number of halogens is 1. The van der Waals surface area contributed by atoms with Crippen LogP contribution in [0.1, 0.15) is 31.1 Å². The molecule has 2 rings (SSSR count). The highest BCUT2D eigenvalue weighted by molar-refractivity contribution is 14.1. The molecule has 2 aromatic rings. The second kappa shape index (κ2) is 6.04. The van der Waals surface area contributed by atoms with Crippen LogP contribution >= 0.6 is 33.9 Å². The van der Waals surface area contributed by atoms with Crippen molar-refractivity contribution in [1.82, 2.24) is 0 Å². The van der Waals surface area contributed by atoms with E-state index in [2.05, 4.69) is 22.6 Å². The Kier molecular flexibility index (Phi) is 4.64. The molecule has 18 heavy (non-hydrogen) atoms. The van der Waals surface area contributed by atoms with E-state index in [1.165, 1.54) is 2.88 Å². The molecule has 0 amide bonds. The smallest absolute Gasteiger partial charge is 0.120 e. The molecule has 0 bridgehead atoms. The number of ether oxygens (including phenoxy) is 1. The second-order valence-electron chi connectivity index (χ2n) is 4.33. The lowest BCUT2D eigenvalue weighted by Gasteiger charge is -2.13. The summed E-state index contributed by atoms with van der Waals surface area (Å²) in [4.78, 5) is 0. The lowest BCUT2D eigenvalue weighted by molar-refractivity contribution is 0.217. The van der Waals surface area contributed by atoms with E-state index in [1.807, 2.05) is 49.6 Å². The van der Waals surface area contributed by atoms with Gasteiger partial charge in [-0.15, -0.1) is 11.3 Å². The summed E-state index contributed by atoms with van der Waals surface area (Å²) >= 11 is 3.90. The van der Waals surface area contributed by atoms with Crippen LogP contribution < -0.4 is 4.74 Å². The third-order valence-corrected chi connectivity index (χ3v) is 4.26. The molecule has 1 N–H and O–H groups in total. The minimum absolute atomic E-state index is 0.138. The zero-order valence-corrected chi connectivity index (χ0v) is 13.2. The predicted molar refractivity (Wildman–Crippen MR) is 83.3 cm³/mol. The molecule has 1 heterocycles. The summed E-state index contributed by atoms with van der Waals surface area (Å²) < 4.78 is 6.81. The Morgan fingerprint density at radius 2 is 2.00 bits per heavy atom. The quantitative estimate of drug-likeness (QED) is 0.812. The van der Waals surface area contributed by atoms with Crippen molar-refractivity contribution in [3.63, 3.8) is 0 Å². The fourth-order valence-corrected chi connectivity index (χ4v) is 3.08. The molecule has 1 aromatic carbocycles. The fraction of sp³-hybridized carbons (Fsp3) is 0.286. The molecule has 0 spiro atoms. The SMILES string of the molecule is CC(C)Oc1cccc(C(O)c2csc(I)c2)c1. The van der Waals surface area contributed by atoms with Crippen LogP contribution in [0.15, 0.2) is 35.7 Å². The topological polar surface area (TPSA) is 29.5 Å². The first-order valence-electron chi connectivity index (χ1n) is 5.75. The number of aliphatic hydroxyl groups excluding tert-OH is 1.